The Kier molecular flexibility index (Phi) is 8.04. The van der Waals surface area contributed by atoms with E-state index in [0.717, 1.165) is 10.9 Å². The van der Waals surface area contributed by atoms with E-state index in [1.165, 1.54) is 11.1 Å². The summed E-state index contributed by atoms with van der Waals surface area (Å²) < 4.78 is 1.10. The molecule has 0 amide bonds. The first-order valence-corrected chi connectivity index (χ1v) is 8.23. The lowest BCUT2D eigenvalue weighted by atomic mass is 9.87. The third-order valence-electron chi connectivity index (χ3n) is 3.26. The summed E-state index contributed by atoms with van der Waals surface area (Å²) >= 11 is 3.49. The molecular weight excluding hydrogens is 386 g/mol. The number of nitrogens with two attached hydrogens (primary N) is 1. The molecule has 2 rings (SSSR count). The number of hydrogen-bond donors (Lipinski definition) is 3. The first kappa shape index (κ1) is 20.6. The Morgan fingerprint density at radius 1 is 1.04 bits per heavy atom. The number of carboxylic acid groups (broad SMARTS) is 2. The van der Waals surface area contributed by atoms with Crippen molar-refractivity contribution in [3.8, 4) is 0 Å². The van der Waals surface area contributed by atoms with E-state index in [4.69, 9.17) is 15.9 Å². The maximum absolute atomic E-state index is 9.55. The number of rotatable bonds is 5. The Hall–Kier alpha value is -2.44. The average Bonchev–Trinajstić information content (AvgIpc) is 2.54. The molecule has 5 nitrogen and oxygen atoms in total. The van der Waals surface area contributed by atoms with Crippen LogP contribution in [0.4, 0.5) is 0 Å². The summed E-state index contributed by atoms with van der Waals surface area (Å²) in [4.78, 5) is 19.1. The Morgan fingerprint density at radius 2 is 1.60 bits per heavy atom. The first-order valence-electron chi connectivity index (χ1n) is 7.43. The van der Waals surface area contributed by atoms with Crippen molar-refractivity contribution in [2.75, 3.05) is 0 Å². The van der Waals surface area contributed by atoms with E-state index < -0.39 is 11.9 Å². The van der Waals surface area contributed by atoms with Gasteiger partial charge in [0.2, 0.25) is 0 Å². The summed E-state index contributed by atoms with van der Waals surface area (Å²) in [5, 5.41) is 15.6. The van der Waals surface area contributed by atoms with Crippen LogP contribution in [-0.2, 0) is 21.5 Å². The van der Waals surface area contributed by atoms with Gasteiger partial charge in [0.15, 0.2) is 0 Å². The van der Waals surface area contributed by atoms with Crippen LogP contribution < -0.4 is 5.73 Å². The van der Waals surface area contributed by atoms with Gasteiger partial charge in [0.05, 0.1) is 0 Å². The van der Waals surface area contributed by atoms with Crippen LogP contribution in [0.3, 0.4) is 0 Å². The minimum Gasteiger partial charge on any atom is -0.478 e. The number of hydrogen-bond acceptors (Lipinski definition) is 3. The summed E-state index contributed by atoms with van der Waals surface area (Å²) in [6, 6.07) is 18.5. The molecular formula is C19H20BrNO4. The van der Waals surface area contributed by atoms with Crippen LogP contribution in [0.5, 0.6) is 0 Å². The Bertz CT molecular complexity index is 726. The van der Waals surface area contributed by atoms with Crippen molar-refractivity contribution in [1.29, 1.82) is 0 Å². The van der Waals surface area contributed by atoms with E-state index in [2.05, 4.69) is 47.1 Å². The summed E-state index contributed by atoms with van der Waals surface area (Å²) in [5.41, 5.74) is 8.48. The minimum absolute atomic E-state index is 0.331. The van der Waals surface area contributed by atoms with Crippen molar-refractivity contribution in [3.63, 3.8) is 0 Å². The molecule has 0 aliphatic rings. The molecule has 1 unspecified atom stereocenters. The highest BCUT2D eigenvalue weighted by molar-refractivity contribution is 9.10. The SMILES string of the molecule is CC(N)(Cc1cccc(Br)c1)c1ccccc1.O=C(O)/C=C\C(=O)O. The lowest BCUT2D eigenvalue weighted by molar-refractivity contribution is -0.134. The molecule has 0 heterocycles. The maximum atomic E-state index is 9.55. The van der Waals surface area contributed by atoms with Crippen molar-refractivity contribution in [3.05, 3.63) is 82.3 Å². The Labute approximate surface area is 154 Å². The topological polar surface area (TPSA) is 101 Å². The zero-order chi connectivity index (χ0) is 18.9. The smallest absolute Gasteiger partial charge is 0.328 e. The molecule has 25 heavy (non-hydrogen) atoms. The summed E-state index contributed by atoms with van der Waals surface area (Å²) in [5.74, 6) is -2.51. The monoisotopic (exact) mass is 405 g/mol. The lowest BCUT2D eigenvalue weighted by Crippen LogP contribution is -2.35. The zero-order valence-corrected chi connectivity index (χ0v) is 15.3. The number of aliphatic carboxylic acids is 2. The molecule has 0 aliphatic heterocycles. The van der Waals surface area contributed by atoms with Gasteiger partial charge in [-0.3, -0.25) is 0 Å². The molecule has 0 bridgehead atoms. The second kappa shape index (κ2) is 9.76. The number of benzene rings is 2. The second-order valence-electron chi connectivity index (χ2n) is 5.60. The normalized spacial score (nSPS) is 12.8. The van der Waals surface area contributed by atoms with Crippen molar-refractivity contribution in [2.45, 2.75) is 18.9 Å². The van der Waals surface area contributed by atoms with Crippen molar-refractivity contribution >= 4 is 27.9 Å². The molecule has 2 aromatic carbocycles. The molecule has 0 saturated heterocycles. The standard InChI is InChI=1S/C15H16BrN.C4H4O4/c1-15(17,13-7-3-2-4-8-13)11-12-6-5-9-14(16)10-12;5-3(6)1-2-4(7)8/h2-10H,11,17H2,1H3;1-2H,(H,5,6)(H,7,8)/b;2-1-. The van der Waals surface area contributed by atoms with Crippen molar-refractivity contribution in [2.24, 2.45) is 5.73 Å². The quantitative estimate of drug-likeness (QED) is 0.659. The van der Waals surface area contributed by atoms with Gasteiger partial charge in [-0.1, -0.05) is 58.4 Å². The van der Waals surface area contributed by atoms with Crippen LogP contribution in [0, 0.1) is 0 Å². The number of carboxylic acids is 2. The fourth-order valence-corrected chi connectivity index (χ4v) is 2.58. The fraction of sp³-hybridized carbons (Fsp3) is 0.158. The minimum atomic E-state index is -1.26. The van der Waals surface area contributed by atoms with Crippen LogP contribution in [-0.4, -0.2) is 22.2 Å². The molecule has 0 radical (unpaired) electrons. The van der Waals surface area contributed by atoms with E-state index in [9.17, 15) is 9.59 Å². The van der Waals surface area contributed by atoms with Crippen LogP contribution >= 0.6 is 15.9 Å². The van der Waals surface area contributed by atoms with E-state index in [0.29, 0.717) is 12.2 Å². The van der Waals surface area contributed by atoms with Crippen molar-refractivity contribution in [1.82, 2.24) is 0 Å². The van der Waals surface area contributed by atoms with Gasteiger partial charge in [0.1, 0.15) is 0 Å². The summed E-state index contributed by atoms with van der Waals surface area (Å²) in [7, 11) is 0. The van der Waals surface area contributed by atoms with Gasteiger partial charge in [-0.2, -0.15) is 0 Å². The van der Waals surface area contributed by atoms with Gasteiger partial charge in [0, 0.05) is 22.2 Å². The fourth-order valence-electron chi connectivity index (χ4n) is 2.13. The predicted molar refractivity (Wildman–Crippen MR) is 100 cm³/mol. The van der Waals surface area contributed by atoms with Crippen LogP contribution in [0.1, 0.15) is 18.1 Å². The van der Waals surface area contributed by atoms with E-state index in [1.54, 1.807) is 0 Å². The number of halogens is 1. The van der Waals surface area contributed by atoms with Gasteiger partial charge >= 0.3 is 11.9 Å². The average molecular weight is 406 g/mol. The molecule has 6 heteroatoms. The summed E-state index contributed by atoms with van der Waals surface area (Å²) in [6.45, 7) is 2.07. The van der Waals surface area contributed by atoms with Crippen LogP contribution in [0.15, 0.2) is 71.2 Å². The van der Waals surface area contributed by atoms with E-state index >= 15 is 0 Å². The van der Waals surface area contributed by atoms with Gasteiger partial charge in [-0.05, 0) is 36.6 Å². The molecule has 0 spiro atoms. The van der Waals surface area contributed by atoms with E-state index in [1.807, 2.05) is 30.3 Å². The van der Waals surface area contributed by atoms with Crippen molar-refractivity contribution < 1.29 is 19.8 Å². The highest BCUT2D eigenvalue weighted by Crippen LogP contribution is 2.23. The molecule has 1 atom stereocenters. The van der Waals surface area contributed by atoms with Gasteiger partial charge in [0.25, 0.3) is 0 Å². The molecule has 0 aliphatic carbocycles. The Morgan fingerprint density at radius 3 is 2.08 bits per heavy atom. The van der Waals surface area contributed by atoms with E-state index in [-0.39, 0.29) is 5.54 Å². The molecule has 0 saturated carbocycles. The van der Waals surface area contributed by atoms with Crippen LogP contribution in [0.2, 0.25) is 0 Å². The molecule has 2 aromatic rings. The molecule has 0 aromatic heterocycles. The third kappa shape index (κ3) is 8.28. The summed E-state index contributed by atoms with van der Waals surface area (Å²) in [6.07, 6.45) is 1.95. The highest BCUT2D eigenvalue weighted by Gasteiger charge is 2.21. The lowest BCUT2D eigenvalue weighted by Gasteiger charge is -2.25. The predicted octanol–water partition coefficient (Wildman–Crippen LogP) is 3.58. The third-order valence-corrected chi connectivity index (χ3v) is 3.76. The largest absolute Gasteiger partial charge is 0.478 e. The van der Waals surface area contributed by atoms with Crippen LogP contribution in [0.25, 0.3) is 0 Å². The zero-order valence-electron chi connectivity index (χ0n) is 13.7. The Balaban J connectivity index is 0.000000333. The molecule has 4 N–H and O–H groups in total. The second-order valence-corrected chi connectivity index (χ2v) is 6.52. The van der Waals surface area contributed by atoms with Gasteiger partial charge < -0.3 is 15.9 Å². The molecule has 0 fully saturated rings. The molecule has 132 valence electrons. The number of carbonyl (C=O) groups is 2. The first-order chi connectivity index (χ1) is 11.7. The highest BCUT2D eigenvalue weighted by atomic mass is 79.9. The van der Waals surface area contributed by atoms with Gasteiger partial charge in [-0.15, -0.1) is 0 Å². The maximum Gasteiger partial charge on any atom is 0.328 e. The van der Waals surface area contributed by atoms with Gasteiger partial charge in [-0.25, -0.2) is 9.59 Å².